The van der Waals surface area contributed by atoms with Crippen molar-refractivity contribution in [1.82, 2.24) is 5.32 Å². The summed E-state index contributed by atoms with van der Waals surface area (Å²) in [5, 5.41) is 3.74. The first-order valence-corrected chi connectivity index (χ1v) is 6.09. The van der Waals surface area contributed by atoms with E-state index in [0.717, 1.165) is 17.9 Å². The molecule has 1 N–H and O–H groups in total. The average molecular weight is 181 g/mol. The monoisotopic (exact) mass is 181 g/mol. The lowest BCUT2D eigenvalue weighted by atomic mass is 9.86. The van der Waals surface area contributed by atoms with Gasteiger partial charge in [-0.15, -0.1) is 0 Å². The van der Waals surface area contributed by atoms with Crippen molar-refractivity contribution in [3.05, 3.63) is 0 Å². The topological polar surface area (TPSA) is 12.0 Å². The third-order valence-corrected chi connectivity index (χ3v) is 3.77. The Hall–Kier alpha value is -0.0400. The van der Waals surface area contributed by atoms with Gasteiger partial charge in [-0.3, -0.25) is 0 Å². The lowest BCUT2D eigenvalue weighted by Gasteiger charge is -2.29. The largest absolute Gasteiger partial charge is 0.314 e. The van der Waals surface area contributed by atoms with Crippen LogP contribution in [0, 0.1) is 11.8 Å². The lowest BCUT2D eigenvalue weighted by molar-refractivity contribution is 0.279. The Morgan fingerprint density at radius 2 is 1.85 bits per heavy atom. The molecule has 0 amide bonds. The van der Waals surface area contributed by atoms with Gasteiger partial charge in [0, 0.05) is 6.04 Å². The SMILES string of the molecule is CC1CCCCC1NCCC1CC1. The van der Waals surface area contributed by atoms with Crippen LogP contribution in [0.1, 0.15) is 51.9 Å². The maximum absolute atomic E-state index is 3.74. The van der Waals surface area contributed by atoms with Crippen molar-refractivity contribution < 1.29 is 0 Å². The molecule has 1 nitrogen and oxygen atoms in total. The van der Waals surface area contributed by atoms with E-state index in [1.165, 1.54) is 51.5 Å². The highest BCUT2D eigenvalue weighted by atomic mass is 14.9. The van der Waals surface area contributed by atoms with Crippen LogP contribution in [0.15, 0.2) is 0 Å². The van der Waals surface area contributed by atoms with Crippen LogP contribution >= 0.6 is 0 Å². The minimum absolute atomic E-state index is 0.840. The Balaban J connectivity index is 1.60. The van der Waals surface area contributed by atoms with E-state index in [1.807, 2.05) is 0 Å². The number of rotatable bonds is 4. The summed E-state index contributed by atoms with van der Waals surface area (Å²) < 4.78 is 0. The van der Waals surface area contributed by atoms with Gasteiger partial charge >= 0.3 is 0 Å². The molecule has 0 spiro atoms. The second-order valence-corrected chi connectivity index (χ2v) is 5.05. The third kappa shape index (κ3) is 2.98. The van der Waals surface area contributed by atoms with Gasteiger partial charge in [0.05, 0.1) is 0 Å². The van der Waals surface area contributed by atoms with Crippen LogP contribution in [-0.2, 0) is 0 Å². The van der Waals surface area contributed by atoms with Crippen LogP contribution in [0.5, 0.6) is 0 Å². The van der Waals surface area contributed by atoms with Crippen LogP contribution in [0.25, 0.3) is 0 Å². The molecule has 0 aliphatic heterocycles. The summed E-state index contributed by atoms with van der Waals surface area (Å²) in [6, 6.07) is 0.840. The van der Waals surface area contributed by atoms with E-state index < -0.39 is 0 Å². The molecule has 0 heterocycles. The first kappa shape index (κ1) is 9.51. The molecular formula is C12H23N. The Morgan fingerprint density at radius 3 is 2.54 bits per heavy atom. The van der Waals surface area contributed by atoms with Crippen LogP contribution in [0.3, 0.4) is 0 Å². The first-order chi connectivity index (χ1) is 6.36. The zero-order valence-electron chi connectivity index (χ0n) is 8.89. The van der Waals surface area contributed by atoms with Gasteiger partial charge in [0.1, 0.15) is 0 Å². The first-order valence-electron chi connectivity index (χ1n) is 6.09. The third-order valence-electron chi connectivity index (χ3n) is 3.77. The molecule has 2 saturated carbocycles. The fourth-order valence-corrected chi connectivity index (χ4v) is 2.50. The fourth-order valence-electron chi connectivity index (χ4n) is 2.50. The lowest BCUT2D eigenvalue weighted by Crippen LogP contribution is -2.37. The van der Waals surface area contributed by atoms with Gasteiger partial charge in [0.15, 0.2) is 0 Å². The average Bonchev–Trinajstić information content (AvgIpc) is 2.92. The molecular weight excluding hydrogens is 158 g/mol. The van der Waals surface area contributed by atoms with Crippen molar-refractivity contribution in [2.24, 2.45) is 11.8 Å². The van der Waals surface area contributed by atoms with Gasteiger partial charge in [0.2, 0.25) is 0 Å². The van der Waals surface area contributed by atoms with Gasteiger partial charge in [-0.05, 0) is 37.6 Å². The minimum Gasteiger partial charge on any atom is -0.314 e. The molecule has 0 saturated heterocycles. The summed E-state index contributed by atoms with van der Waals surface area (Å²) in [6.07, 6.45) is 10.2. The highest BCUT2D eigenvalue weighted by Gasteiger charge is 2.23. The molecule has 13 heavy (non-hydrogen) atoms. The summed E-state index contributed by atoms with van der Waals surface area (Å²) in [6.45, 7) is 3.69. The molecule has 2 aliphatic rings. The molecule has 2 rings (SSSR count). The number of hydrogen-bond acceptors (Lipinski definition) is 1. The van der Waals surface area contributed by atoms with Crippen molar-refractivity contribution in [3.63, 3.8) is 0 Å². The zero-order chi connectivity index (χ0) is 9.10. The summed E-state index contributed by atoms with van der Waals surface area (Å²) in [4.78, 5) is 0. The molecule has 0 aromatic carbocycles. The van der Waals surface area contributed by atoms with Crippen molar-refractivity contribution in [1.29, 1.82) is 0 Å². The van der Waals surface area contributed by atoms with Gasteiger partial charge in [-0.25, -0.2) is 0 Å². The normalized spacial score (nSPS) is 34.8. The maximum atomic E-state index is 3.74. The fraction of sp³-hybridized carbons (Fsp3) is 1.00. The highest BCUT2D eigenvalue weighted by molar-refractivity contribution is 4.80. The standard InChI is InChI=1S/C12H23N/c1-10-4-2-3-5-12(10)13-9-8-11-6-7-11/h10-13H,2-9H2,1H3. The Labute approximate surface area is 82.3 Å². The number of nitrogens with one attached hydrogen (secondary N) is 1. The molecule has 76 valence electrons. The molecule has 0 radical (unpaired) electrons. The van der Waals surface area contributed by atoms with E-state index in [0.29, 0.717) is 0 Å². The van der Waals surface area contributed by atoms with E-state index >= 15 is 0 Å². The van der Waals surface area contributed by atoms with Crippen LogP contribution < -0.4 is 5.32 Å². The zero-order valence-corrected chi connectivity index (χ0v) is 8.89. The molecule has 2 aliphatic carbocycles. The van der Waals surface area contributed by atoms with E-state index in [2.05, 4.69) is 12.2 Å². The van der Waals surface area contributed by atoms with E-state index in [-0.39, 0.29) is 0 Å². The van der Waals surface area contributed by atoms with Gasteiger partial charge in [-0.1, -0.05) is 32.6 Å². The summed E-state index contributed by atoms with van der Waals surface area (Å²) in [5.74, 6) is 2.01. The Bertz CT molecular complexity index is 151. The van der Waals surface area contributed by atoms with E-state index in [9.17, 15) is 0 Å². The Kier molecular flexibility index (Phi) is 3.26. The molecule has 1 heteroatoms. The van der Waals surface area contributed by atoms with Crippen LogP contribution in [-0.4, -0.2) is 12.6 Å². The number of hydrogen-bond donors (Lipinski definition) is 1. The minimum atomic E-state index is 0.840. The van der Waals surface area contributed by atoms with Crippen LogP contribution in [0.4, 0.5) is 0 Å². The summed E-state index contributed by atoms with van der Waals surface area (Å²) in [7, 11) is 0. The van der Waals surface area contributed by atoms with Crippen molar-refractivity contribution in [3.8, 4) is 0 Å². The molecule has 2 unspecified atom stereocenters. The van der Waals surface area contributed by atoms with Crippen molar-refractivity contribution >= 4 is 0 Å². The van der Waals surface area contributed by atoms with Crippen LogP contribution in [0.2, 0.25) is 0 Å². The molecule has 0 aromatic rings. The summed E-state index contributed by atoms with van der Waals surface area (Å²) >= 11 is 0. The summed E-state index contributed by atoms with van der Waals surface area (Å²) in [5.41, 5.74) is 0. The van der Waals surface area contributed by atoms with Gasteiger partial charge in [0.25, 0.3) is 0 Å². The molecule has 0 aromatic heterocycles. The highest BCUT2D eigenvalue weighted by Crippen LogP contribution is 2.32. The van der Waals surface area contributed by atoms with E-state index in [4.69, 9.17) is 0 Å². The molecule has 0 bridgehead atoms. The second-order valence-electron chi connectivity index (χ2n) is 5.05. The van der Waals surface area contributed by atoms with E-state index in [1.54, 1.807) is 0 Å². The Morgan fingerprint density at radius 1 is 1.08 bits per heavy atom. The van der Waals surface area contributed by atoms with Gasteiger partial charge < -0.3 is 5.32 Å². The smallest absolute Gasteiger partial charge is 0.00926 e. The van der Waals surface area contributed by atoms with Crippen molar-refractivity contribution in [2.75, 3.05) is 6.54 Å². The second kappa shape index (κ2) is 4.45. The van der Waals surface area contributed by atoms with Gasteiger partial charge in [-0.2, -0.15) is 0 Å². The van der Waals surface area contributed by atoms with Crippen molar-refractivity contribution in [2.45, 2.75) is 57.9 Å². The predicted molar refractivity (Wildman–Crippen MR) is 56.8 cm³/mol. The quantitative estimate of drug-likeness (QED) is 0.703. The maximum Gasteiger partial charge on any atom is 0.00926 e. The molecule has 2 fully saturated rings. The molecule has 2 atom stereocenters. The predicted octanol–water partition coefficient (Wildman–Crippen LogP) is 2.95.